The van der Waals surface area contributed by atoms with E-state index in [1.165, 1.54) is 0 Å². The third-order valence-electron chi connectivity index (χ3n) is 3.66. The van der Waals surface area contributed by atoms with Crippen molar-refractivity contribution < 1.29 is 9.59 Å². The van der Waals surface area contributed by atoms with Gasteiger partial charge in [-0.05, 0) is 25.0 Å². The second-order valence-electron chi connectivity index (χ2n) is 5.31. The van der Waals surface area contributed by atoms with E-state index in [0.717, 1.165) is 18.5 Å². The van der Waals surface area contributed by atoms with Gasteiger partial charge in [-0.25, -0.2) is 4.79 Å². The van der Waals surface area contributed by atoms with Crippen LogP contribution in [0.4, 0.5) is 4.79 Å². The Morgan fingerprint density at radius 3 is 2.90 bits per heavy atom. The number of pyridine rings is 1. The standard InChI is InChI=1S/C15H22N4O2/c1-3-6-12(11-7-4-5-9-16-11)17-15(21)18-13-8-10-19(2)14(13)20/h4-5,7,9,12-13H,3,6,8,10H2,1-2H3,(H2,17,18,21)/t12-,13-/m1/s1. The van der Waals surface area contributed by atoms with Gasteiger partial charge in [0.15, 0.2) is 0 Å². The third kappa shape index (κ3) is 3.93. The van der Waals surface area contributed by atoms with E-state index in [1.807, 2.05) is 18.2 Å². The van der Waals surface area contributed by atoms with Crippen molar-refractivity contribution in [2.24, 2.45) is 0 Å². The Morgan fingerprint density at radius 2 is 2.33 bits per heavy atom. The maximum Gasteiger partial charge on any atom is 0.315 e. The van der Waals surface area contributed by atoms with Crippen LogP contribution < -0.4 is 10.6 Å². The lowest BCUT2D eigenvalue weighted by atomic mass is 10.1. The van der Waals surface area contributed by atoms with Crippen molar-refractivity contribution in [3.8, 4) is 0 Å². The quantitative estimate of drug-likeness (QED) is 0.862. The average Bonchev–Trinajstić information content (AvgIpc) is 2.80. The van der Waals surface area contributed by atoms with Gasteiger partial charge < -0.3 is 15.5 Å². The summed E-state index contributed by atoms with van der Waals surface area (Å²) in [5.74, 6) is -0.0324. The van der Waals surface area contributed by atoms with Crippen molar-refractivity contribution in [3.63, 3.8) is 0 Å². The van der Waals surface area contributed by atoms with E-state index in [0.29, 0.717) is 13.0 Å². The van der Waals surface area contributed by atoms with Gasteiger partial charge >= 0.3 is 6.03 Å². The molecule has 0 aliphatic carbocycles. The highest BCUT2D eigenvalue weighted by molar-refractivity contribution is 5.88. The number of aromatic nitrogens is 1. The molecule has 1 aromatic rings. The molecule has 6 heteroatoms. The fourth-order valence-corrected chi connectivity index (χ4v) is 2.48. The number of hydrogen-bond acceptors (Lipinski definition) is 3. The van der Waals surface area contributed by atoms with Crippen LogP contribution >= 0.6 is 0 Å². The van der Waals surface area contributed by atoms with Crippen molar-refractivity contribution in [2.45, 2.75) is 38.3 Å². The molecular formula is C15H22N4O2. The molecule has 0 radical (unpaired) electrons. The largest absolute Gasteiger partial charge is 0.344 e. The van der Waals surface area contributed by atoms with Gasteiger partial charge in [0.05, 0.1) is 11.7 Å². The number of carbonyl (C=O) groups excluding carboxylic acids is 2. The van der Waals surface area contributed by atoms with Crippen LogP contribution in [0.15, 0.2) is 24.4 Å². The summed E-state index contributed by atoms with van der Waals surface area (Å²) in [6.07, 6.45) is 4.12. The number of carbonyl (C=O) groups is 2. The Hall–Kier alpha value is -2.11. The first kappa shape index (κ1) is 15.3. The van der Waals surface area contributed by atoms with Crippen LogP contribution in [0.5, 0.6) is 0 Å². The summed E-state index contributed by atoms with van der Waals surface area (Å²) < 4.78 is 0. The highest BCUT2D eigenvalue weighted by atomic mass is 16.2. The molecular weight excluding hydrogens is 268 g/mol. The van der Waals surface area contributed by atoms with Crippen LogP contribution in [0.25, 0.3) is 0 Å². The van der Waals surface area contributed by atoms with Crippen molar-refractivity contribution in [3.05, 3.63) is 30.1 Å². The summed E-state index contributed by atoms with van der Waals surface area (Å²) in [5, 5.41) is 5.66. The Labute approximate surface area is 124 Å². The SMILES string of the molecule is CCC[C@@H](NC(=O)N[C@@H]1CCN(C)C1=O)c1ccccn1. The van der Waals surface area contributed by atoms with Gasteiger partial charge in [-0.15, -0.1) is 0 Å². The summed E-state index contributed by atoms with van der Waals surface area (Å²) >= 11 is 0. The van der Waals surface area contributed by atoms with Crippen LogP contribution in [0, 0.1) is 0 Å². The van der Waals surface area contributed by atoms with E-state index in [2.05, 4.69) is 22.5 Å². The maximum atomic E-state index is 12.1. The first-order chi connectivity index (χ1) is 10.1. The number of nitrogens with zero attached hydrogens (tertiary/aromatic N) is 2. The zero-order chi connectivity index (χ0) is 15.2. The molecule has 1 aromatic heterocycles. The van der Waals surface area contributed by atoms with Crippen LogP contribution in [0.2, 0.25) is 0 Å². The molecule has 3 amide bonds. The van der Waals surface area contributed by atoms with E-state index in [9.17, 15) is 9.59 Å². The topological polar surface area (TPSA) is 74.3 Å². The van der Waals surface area contributed by atoms with E-state index < -0.39 is 6.04 Å². The summed E-state index contributed by atoms with van der Waals surface area (Å²) in [4.78, 5) is 29.8. The summed E-state index contributed by atoms with van der Waals surface area (Å²) in [6, 6.07) is 4.79. The van der Waals surface area contributed by atoms with E-state index in [-0.39, 0.29) is 18.0 Å². The fourth-order valence-electron chi connectivity index (χ4n) is 2.48. The first-order valence-corrected chi connectivity index (χ1v) is 7.34. The lowest BCUT2D eigenvalue weighted by Gasteiger charge is -2.19. The van der Waals surface area contributed by atoms with E-state index >= 15 is 0 Å². The van der Waals surface area contributed by atoms with Gasteiger partial charge in [0.2, 0.25) is 5.91 Å². The fraction of sp³-hybridized carbons (Fsp3) is 0.533. The molecule has 0 spiro atoms. The molecule has 114 valence electrons. The van der Waals surface area contributed by atoms with Crippen LogP contribution in [0.3, 0.4) is 0 Å². The molecule has 0 bridgehead atoms. The number of likely N-dealkylation sites (tertiary alicyclic amines) is 1. The first-order valence-electron chi connectivity index (χ1n) is 7.34. The zero-order valence-electron chi connectivity index (χ0n) is 12.5. The second-order valence-corrected chi connectivity index (χ2v) is 5.31. The van der Waals surface area contributed by atoms with Crippen molar-refractivity contribution in [1.29, 1.82) is 0 Å². The van der Waals surface area contributed by atoms with Crippen molar-refractivity contribution in [2.75, 3.05) is 13.6 Å². The number of rotatable bonds is 5. The van der Waals surface area contributed by atoms with E-state index in [4.69, 9.17) is 0 Å². The maximum absolute atomic E-state index is 12.1. The lowest BCUT2D eigenvalue weighted by molar-refractivity contribution is -0.128. The highest BCUT2D eigenvalue weighted by Gasteiger charge is 2.30. The highest BCUT2D eigenvalue weighted by Crippen LogP contribution is 2.16. The van der Waals surface area contributed by atoms with Crippen molar-refractivity contribution >= 4 is 11.9 Å². The average molecular weight is 290 g/mol. The second kappa shape index (κ2) is 7.06. The number of nitrogens with one attached hydrogen (secondary N) is 2. The molecule has 1 saturated heterocycles. The van der Waals surface area contributed by atoms with Crippen LogP contribution in [-0.2, 0) is 4.79 Å². The Kier molecular flexibility index (Phi) is 5.14. The number of likely N-dealkylation sites (N-methyl/N-ethyl adjacent to an activating group) is 1. The minimum atomic E-state index is -0.416. The predicted octanol–water partition coefficient (Wildman–Crippen LogP) is 1.45. The molecule has 21 heavy (non-hydrogen) atoms. The van der Waals surface area contributed by atoms with Gasteiger partial charge in [0, 0.05) is 19.8 Å². The normalized spacial score (nSPS) is 19.4. The molecule has 2 rings (SSSR count). The summed E-state index contributed by atoms with van der Waals surface area (Å²) in [5.41, 5.74) is 0.837. The number of hydrogen-bond donors (Lipinski definition) is 2. The predicted molar refractivity (Wildman–Crippen MR) is 79.6 cm³/mol. The van der Waals surface area contributed by atoms with Crippen LogP contribution in [-0.4, -0.2) is 41.5 Å². The smallest absolute Gasteiger partial charge is 0.315 e. The van der Waals surface area contributed by atoms with Crippen molar-refractivity contribution in [1.82, 2.24) is 20.5 Å². The Bertz CT molecular complexity index is 492. The zero-order valence-corrected chi connectivity index (χ0v) is 12.5. The van der Waals surface area contributed by atoms with Gasteiger partial charge in [0.1, 0.15) is 6.04 Å². The molecule has 1 aliphatic heterocycles. The lowest BCUT2D eigenvalue weighted by Crippen LogP contribution is -2.46. The summed E-state index contributed by atoms with van der Waals surface area (Å²) in [7, 11) is 1.75. The minimum Gasteiger partial charge on any atom is -0.344 e. The molecule has 1 aliphatic rings. The molecule has 2 atom stereocenters. The molecule has 2 N–H and O–H groups in total. The van der Waals surface area contributed by atoms with Crippen LogP contribution in [0.1, 0.15) is 37.9 Å². The van der Waals surface area contributed by atoms with Gasteiger partial charge in [0.25, 0.3) is 0 Å². The van der Waals surface area contributed by atoms with Gasteiger partial charge in [-0.3, -0.25) is 9.78 Å². The molecule has 0 saturated carbocycles. The molecule has 2 heterocycles. The minimum absolute atomic E-state index is 0.0324. The third-order valence-corrected chi connectivity index (χ3v) is 3.66. The van der Waals surface area contributed by atoms with Gasteiger partial charge in [-0.1, -0.05) is 19.4 Å². The Balaban J connectivity index is 1.94. The molecule has 0 unspecified atom stereocenters. The molecule has 6 nitrogen and oxygen atoms in total. The Morgan fingerprint density at radius 1 is 1.52 bits per heavy atom. The monoisotopic (exact) mass is 290 g/mol. The van der Waals surface area contributed by atoms with Gasteiger partial charge in [-0.2, -0.15) is 0 Å². The molecule has 1 fully saturated rings. The number of urea groups is 1. The van der Waals surface area contributed by atoms with E-state index in [1.54, 1.807) is 18.1 Å². The molecule has 0 aromatic carbocycles. The summed E-state index contributed by atoms with van der Waals surface area (Å²) in [6.45, 7) is 2.74. The number of amides is 3.